The number of aromatic nitrogens is 6. The van der Waals surface area contributed by atoms with Crippen molar-refractivity contribution in [3.05, 3.63) is 53.6 Å². The molecule has 3 aromatic heterocycles. The van der Waals surface area contributed by atoms with Crippen LogP contribution in [0.1, 0.15) is 17.0 Å². The Labute approximate surface area is 185 Å². The van der Waals surface area contributed by atoms with Gasteiger partial charge in [0.15, 0.2) is 23.1 Å². The van der Waals surface area contributed by atoms with Gasteiger partial charge in [-0.3, -0.25) is 0 Å². The number of hydrogen-bond donors (Lipinski definition) is 1. The molecule has 4 rings (SSSR count). The van der Waals surface area contributed by atoms with Crippen molar-refractivity contribution in [3.8, 4) is 34.6 Å². The topological polar surface area (TPSA) is 116 Å². The molecule has 0 saturated carbocycles. The quantitative estimate of drug-likeness (QED) is 0.495. The van der Waals surface area contributed by atoms with Crippen molar-refractivity contribution < 1.29 is 9.47 Å². The Bertz CT molecular complexity index is 1320. The molecule has 0 aliphatic rings. The molecule has 0 atom stereocenters. The molecule has 0 bridgehead atoms. The molecule has 162 valence electrons. The Morgan fingerprint density at radius 1 is 1.00 bits per heavy atom. The van der Waals surface area contributed by atoms with E-state index in [0.717, 1.165) is 22.7 Å². The molecule has 4 aromatic rings. The van der Waals surface area contributed by atoms with Crippen molar-refractivity contribution in [1.82, 2.24) is 29.5 Å². The Kier molecular flexibility index (Phi) is 5.47. The smallest absolute Gasteiger partial charge is 0.189 e. The molecule has 0 fully saturated rings. The zero-order valence-corrected chi connectivity index (χ0v) is 18.4. The maximum atomic E-state index is 9.03. The molecular formula is C22H22N8O2. The lowest BCUT2D eigenvalue weighted by atomic mass is 10.1. The summed E-state index contributed by atoms with van der Waals surface area (Å²) in [4.78, 5) is 8.68. The first-order valence-electron chi connectivity index (χ1n) is 9.78. The van der Waals surface area contributed by atoms with Gasteiger partial charge in [-0.15, -0.1) is 0 Å². The van der Waals surface area contributed by atoms with Gasteiger partial charge in [0, 0.05) is 18.7 Å². The van der Waals surface area contributed by atoms with Crippen molar-refractivity contribution in [2.45, 2.75) is 13.8 Å². The van der Waals surface area contributed by atoms with E-state index in [1.165, 1.54) is 6.33 Å². The van der Waals surface area contributed by atoms with E-state index < -0.39 is 0 Å². The van der Waals surface area contributed by atoms with Crippen LogP contribution in [-0.4, -0.2) is 43.7 Å². The highest BCUT2D eigenvalue weighted by molar-refractivity contribution is 5.76. The summed E-state index contributed by atoms with van der Waals surface area (Å²) < 4.78 is 14.5. The third-order valence-corrected chi connectivity index (χ3v) is 5.04. The average molecular weight is 430 g/mol. The van der Waals surface area contributed by atoms with Gasteiger partial charge in [-0.2, -0.15) is 15.5 Å². The highest BCUT2D eigenvalue weighted by Gasteiger charge is 2.20. The molecule has 0 unspecified atom stereocenters. The number of benzene rings is 1. The van der Waals surface area contributed by atoms with Crippen LogP contribution >= 0.6 is 0 Å². The van der Waals surface area contributed by atoms with Gasteiger partial charge in [-0.25, -0.2) is 19.3 Å². The van der Waals surface area contributed by atoms with Crippen LogP contribution in [0.3, 0.4) is 0 Å². The molecule has 1 N–H and O–H groups in total. The second kappa shape index (κ2) is 8.39. The van der Waals surface area contributed by atoms with E-state index in [1.54, 1.807) is 41.8 Å². The fourth-order valence-electron chi connectivity index (χ4n) is 3.53. The van der Waals surface area contributed by atoms with Crippen LogP contribution in [-0.2, 0) is 7.05 Å². The molecule has 0 radical (unpaired) electrons. The second-order valence-electron chi connectivity index (χ2n) is 7.05. The summed E-state index contributed by atoms with van der Waals surface area (Å²) in [7, 11) is 5.02. The number of nitrogens with one attached hydrogen (secondary N) is 1. The van der Waals surface area contributed by atoms with Crippen LogP contribution in [0.25, 0.3) is 17.1 Å². The number of methoxy groups -OCH3 is 2. The number of ether oxygens (including phenoxy) is 2. The highest BCUT2D eigenvalue weighted by Crippen LogP contribution is 2.37. The number of aryl methyl sites for hydroxylation is 2. The lowest BCUT2D eigenvalue weighted by Crippen LogP contribution is -2.06. The van der Waals surface area contributed by atoms with Gasteiger partial charge in [0.2, 0.25) is 0 Å². The number of nitriles is 1. The normalized spacial score (nSPS) is 10.6. The summed E-state index contributed by atoms with van der Waals surface area (Å²) in [5.74, 6) is 3.06. The summed E-state index contributed by atoms with van der Waals surface area (Å²) in [6.45, 7) is 3.80. The van der Waals surface area contributed by atoms with E-state index in [0.29, 0.717) is 34.5 Å². The summed E-state index contributed by atoms with van der Waals surface area (Å²) in [6.07, 6.45) is 1.46. The van der Waals surface area contributed by atoms with Crippen LogP contribution < -0.4 is 14.8 Å². The van der Waals surface area contributed by atoms with E-state index in [1.807, 2.05) is 33.0 Å². The molecular weight excluding hydrogens is 408 g/mol. The lowest BCUT2D eigenvalue weighted by molar-refractivity contribution is 0.408. The first kappa shape index (κ1) is 20.9. The van der Waals surface area contributed by atoms with Crippen LogP contribution in [0.5, 0.6) is 11.5 Å². The van der Waals surface area contributed by atoms with Gasteiger partial charge in [0.25, 0.3) is 0 Å². The lowest BCUT2D eigenvalue weighted by Gasteiger charge is -2.10. The van der Waals surface area contributed by atoms with Gasteiger partial charge >= 0.3 is 0 Å². The van der Waals surface area contributed by atoms with Gasteiger partial charge in [0.1, 0.15) is 23.5 Å². The maximum absolute atomic E-state index is 9.03. The second-order valence-corrected chi connectivity index (χ2v) is 7.05. The molecule has 0 aliphatic carbocycles. The molecule has 1 aromatic carbocycles. The molecule has 0 amide bonds. The van der Waals surface area contributed by atoms with Gasteiger partial charge in [-0.05, 0) is 26.0 Å². The zero-order chi connectivity index (χ0) is 22.8. The SMILES string of the molecule is COc1c(-c2ccc(C#N)cc2)nn(C)c1Nc1cc(-n2nc(C)c(OC)c2C)ncn1. The fourth-order valence-corrected chi connectivity index (χ4v) is 3.53. The maximum Gasteiger partial charge on any atom is 0.189 e. The van der Waals surface area contributed by atoms with Crippen LogP contribution in [0, 0.1) is 25.2 Å². The largest absolute Gasteiger partial charge is 0.493 e. The minimum absolute atomic E-state index is 0.550. The summed E-state index contributed by atoms with van der Waals surface area (Å²) in [5.41, 5.74) is 3.69. The number of hydrogen-bond acceptors (Lipinski definition) is 8. The number of nitrogens with zero attached hydrogens (tertiary/aromatic N) is 7. The van der Waals surface area contributed by atoms with E-state index >= 15 is 0 Å². The van der Waals surface area contributed by atoms with Crippen molar-refractivity contribution in [1.29, 1.82) is 5.26 Å². The van der Waals surface area contributed by atoms with Gasteiger partial charge in [0.05, 0.1) is 31.5 Å². The van der Waals surface area contributed by atoms with Gasteiger partial charge in [-0.1, -0.05) is 12.1 Å². The molecule has 10 nitrogen and oxygen atoms in total. The third-order valence-electron chi connectivity index (χ3n) is 5.04. The predicted octanol–water partition coefficient (Wildman–Crippen LogP) is 3.31. The van der Waals surface area contributed by atoms with Crippen molar-refractivity contribution in [2.75, 3.05) is 19.5 Å². The van der Waals surface area contributed by atoms with E-state index in [2.05, 4.69) is 31.6 Å². The van der Waals surface area contributed by atoms with Crippen LogP contribution in [0.15, 0.2) is 36.7 Å². The zero-order valence-electron chi connectivity index (χ0n) is 18.4. The van der Waals surface area contributed by atoms with Crippen molar-refractivity contribution in [2.24, 2.45) is 7.05 Å². The van der Waals surface area contributed by atoms with E-state index in [9.17, 15) is 0 Å². The molecule has 3 heterocycles. The van der Waals surface area contributed by atoms with Crippen molar-refractivity contribution in [3.63, 3.8) is 0 Å². The Hall–Kier alpha value is -4.39. The minimum atomic E-state index is 0.550. The Morgan fingerprint density at radius 3 is 2.34 bits per heavy atom. The molecule has 32 heavy (non-hydrogen) atoms. The highest BCUT2D eigenvalue weighted by atomic mass is 16.5. The van der Waals surface area contributed by atoms with Gasteiger partial charge < -0.3 is 14.8 Å². The van der Waals surface area contributed by atoms with E-state index in [4.69, 9.17) is 14.7 Å². The average Bonchev–Trinajstić information content (AvgIpc) is 3.28. The standard InChI is InChI=1S/C22H22N8O2/c1-13-20(31-4)14(2)30(27-13)18-10-17(24-12-25-18)26-22-21(32-5)19(28-29(22)3)16-8-6-15(11-23)7-9-16/h6-10,12H,1-5H3,(H,24,25,26). The molecule has 0 spiro atoms. The summed E-state index contributed by atoms with van der Waals surface area (Å²) >= 11 is 0. The molecule has 0 saturated heterocycles. The van der Waals surface area contributed by atoms with Crippen LogP contribution in [0.4, 0.5) is 11.6 Å². The molecule has 10 heteroatoms. The third kappa shape index (κ3) is 3.60. The summed E-state index contributed by atoms with van der Waals surface area (Å²) in [6, 6.07) is 11.1. The molecule has 0 aliphatic heterocycles. The minimum Gasteiger partial charge on any atom is -0.493 e. The Morgan fingerprint density at radius 2 is 1.72 bits per heavy atom. The first-order valence-corrected chi connectivity index (χ1v) is 9.78. The number of rotatable bonds is 6. The monoisotopic (exact) mass is 430 g/mol. The Balaban J connectivity index is 1.70. The van der Waals surface area contributed by atoms with E-state index in [-0.39, 0.29) is 0 Å². The van der Waals surface area contributed by atoms with Crippen LogP contribution in [0.2, 0.25) is 0 Å². The number of anilines is 2. The fraction of sp³-hybridized carbons (Fsp3) is 0.227. The summed E-state index contributed by atoms with van der Waals surface area (Å²) in [5, 5.41) is 21.4. The van der Waals surface area contributed by atoms with Crippen molar-refractivity contribution >= 4 is 11.6 Å². The first-order chi connectivity index (χ1) is 15.5. The predicted molar refractivity (Wildman–Crippen MR) is 118 cm³/mol.